The van der Waals surface area contributed by atoms with Gasteiger partial charge in [0.1, 0.15) is 0 Å². The molecule has 0 aromatic heterocycles. The fourth-order valence-corrected chi connectivity index (χ4v) is 2.63. The van der Waals surface area contributed by atoms with Crippen LogP contribution in [-0.4, -0.2) is 20.9 Å². The lowest BCUT2D eigenvalue weighted by atomic mass is 9.93. The van der Waals surface area contributed by atoms with Gasteiger partial charge in [-0.3, -0.25) is 4.79 Å². The molecule has 1 amide bonds. The molecule has 6 nitrogen and oxygen atoms in total. The van der Waals surface area contributed by atoms with Gasteiger partial charge in [-0.25, -0.2) is 13.1 Å². The van der Waals surface area contributed by atoms with Gasteiger partial charge in [0.25, 0.3) is 0 Å². The van der Waals surface area contributed by atoms with Gasteiger partial charge in [-0.15, -0.1) is 0 Å². The predicted octanol–water partition coefficient (Wildman–Crippen LogP) is 0.200. The van der Waals surface area contributed by atoms with Crippen LogP contribution < -0.4 is 16.2 Å². The van der Waals surface area contributed by atoms with Gasteiger partial charge in [0.05, 0.1) is 11.2 Å². The van der Waals surface area contributed by atoms with Crippen molar-refractivity contribution in [1.29, 1.82) is 0 Å². The molecule has 0 spiro atoms. The molecule has 0 radical (unpaired) electrons. The summed E-state index contributed by atoms with van der Waals surface area (Å²) in [5.74, 6) is -0.744. The number of amides is 1. The van der Waals surface area contributed by atoms with E-state index in [9.17, 15) is 13.2 Å². The van der Waals surface area contributed by atoms with Crippen molar-refractivity contribution in [2.24, 2.45) is 11.1 Å². The molecule has 19 heavy (non-hydrogen) atoms. The van der Waals surface area contributed by atoms with E-state index in [-0.39, 0.29) is 12.3 Å². The normalized spacial score (nSPS) is 12.3. The second kappa shape index (κ2) is 5.58. The molecule has 0 aliphatic carbocycles. The number of carbonyl (C=O) groups excluding carboxylic acids is 1. The Labute approximate surface area is 113 Å². The number of hydrogen-bond acceptors (Lipinski definition) is 4. The molecule has 0 bridgehead atoms. The Morgan fingerprint density at radius 1 is 1.37 bits per heavy atom. The minimum Gasteiger partial charge on any atom is -0.399 e. The number of anilines is 1. The van der Waals surface area contributed by atoms with Crippen molar-refractivity contribution in [2.75, 3.05) is 12.3 Å². The number of rotatable bonds is 6. The topological polar surface area (TPSA) is 115 Å². The van der Waals surface area contributed by atoms with Crippen LogP contribution in [0.2, 0.25) is 0 Å². The summed E-state index contributed by atoms with van der Waals surface area (Å²) in [4.78, 5) is 11.1. The molecule has 0 atom stereocenters. The van der Waals surface area contributed by atoms with Crippen LogP contribution in [0.3, 0.4) is 0 Å². The Balaban J connectivity index is 2.70. The second-order valence-electron chi connectivity index (χ2n) is 5.07. The molecule has 106 valence electrons. The van der Waals surface area contributed by atoms with E-state index in [2.05, 4.69) is 4.72 Å². The fraction of sp³-hybridized carbons (Fsp3) is 0.417. The molecule has 0 aliphatic rings. The van der Waals surface area contributed by atoms with Crippen molar-refractivity contribution in [3.05, 3.63) is 29.8 Å². The Hall–Kier alpha value is -1.60. The Morgan fingerprint density at radius 3 is 2.53 bits per heavy atom. The molecular weight excluding hydrogens is 266 g/mol. The zero-order valence-electron chi connectivity index (χ0n) is 11.0. The first-order valence-corrected chi connectivity index (χ1v) is 7.39. The number of sulfonamides is 1. The molecule has 0 fully saturated rings. The van der Waals surface area contributed by atoms with Crippen molar-refractivity contribution >= 4 is 21.6 Å². The maximum absolute atomic E-state index is 11.9. The summed E-state index contributed by atoms with van der Waals surface area (Å²) in [6.07, 6.45) is 0. The molecule has 5 N–H and O–H groups in total. The van der Waals surface area contributed by atoms with Gasteiger partial charge >= 0.3 is 0 Å². The van der Waals surface area contributed by atoms with Crippen LogP contribution in [-0.2, 0) is 20.6 Å². The third-order valence-electron chi connectivity index (χ3n) is 2.71. The van der Waals surface area contributed by atoms with Crippen molar-refractivity contribution in [3.63, 3.8) is 0 Å². The largest absolute Gasteiger partial charge is 0.399 e. The van der Waals surface area contributed by atoms with Crippen LogP contribution >= 0.6 is 0 Å². The number of nitrogen functional groups attached to an aromatic ring is 1. The summed E-state index contributed by atoms with van der Waals surface area (Å²) < 4.78 is 26.1. The molecule has 0 saturated carbocycles. The monoisotopic (exact) mass is 285 g/mol. The quantitative estimate of drug-likeness (QED) is 0.647. The van der Waals surface area contributed by atoms with Gasteiger partial charge in [-0.2, -0.15) is 0 Å². The summed E-state index contributed by atoms with van der Waals surface area (Å²) in [5.41, 5.74) is 10.9. The Kier molecular flexibility index (Phi) is 4.54. The first kappa shape index (κ1) is 15.5. The zero-order chi connectivity index (χ0) is 14.7. The fourth-order valence-electron chi connectivity index (χ4n) is 1.33. The maximum Gasteiger partial charge on any atom is 0.224 e. The molecule has 7 heteroatoms. The van der Waals surface area contributed by atoms with E-state index in [1.165, 1.54) is 0 Å². The smallest absolute Gasteiger partial charge is 0.224 e. The average Bonchev–Trinajstić information content (AvgIpc) is 2.26. The van der Waals surface area contributed by atoms with E-state index in [4.69, 9.17) is 11.5 Å². The molecule has 0 heterocycles. The van der Waals surface area contributed by atoms with Gasteiger partial charge in [-0.1, -0.05) is 12.1 Å². The van der Waals surface area contributed by atoms with Gasteiger partial charge < -0.3 is 11.5 Å². The number of benzene rings is 1. The highest BCUT2D eigenvalue weighted by atomic mass is 32.2. The first-order valence-electron chi connectivity index (χ1n) is 5.74. The number of hydrogen-bond donors (Lipinski definition) is 3. The van der Waals surface area contributed by atoms with E-state index in [1.54, 1.807) is 38.1 Å². The van der Waals surface area contributed by atoms with Crippen LogP contribution in [0.4, 0.5) is 5.69 Å². The van der Waals surface area contributed by atoms with Crippen molar-refractivity contribution in [3.8, 4) is 0 Å². The van der Waals surface area contributed by atoms with E-state index < -0.39 is 21.3 Å². The summed E-state index contributed by atoms with van der Waals surface area (Å²) >= 11 is 0. The number of primary amides is 1. The third-order valence-corrected chi connectivity index (χ3v) is 4.01. The molecule has 1 aromatic rings. The van der Waals surface area contributed by atoms with E-state index in [0.717, 1.165) is 0 Å². The van der Waals surface area contributed by atoms with Gasteiger partial charge in [0, 0.05) is 12.2 Å². The van der Waals surface area contributed by atoms with Crippen molar-refractivity contribution < 1.29 is 13.2 Å². The van der Waals surface area contributed by atoms with Crippen molar-refractivity contribution in [2.45, 2.75) is 19.6 Å². The average molecular weight is 285 g/mol. The highest BCUT2D eigenvalue weighted by molar-refractivity contribution is 7.88. The number of nitrogens with one attached hydrogen (secondary N) is 1. The molecule has 0 aliphatic heterocycles. The molecular formula is C12H19N3O3S. The Morgan fingerprint density at radius 2 is 2.00 bits per heavy atom. The lowest BCUT2D eigenvalue weighted by Gasteiger charge is -2.20. The first-order chi connectivity index (χ1) is 8.62. The standard InChI is InChI=1S/C12H19N3O3S/c1-12(2,11(14)16)8-15-19(17,18)7-9-4-3-5-10(13)6-9/h3-6,15H,7-8,13H2,1-2H3,(H2,14,16). The van der Waals surface area contributed by atoms with Crippen LogP contribution in [0.25, 0.3) is 0 Å². The molecule has 0 saturated heterocycles. The van der Waals surface area contributed by atoms with Gasteiger partial charge in [0.15, 0.2) is 0 Å². The zero-order valence-corrected chi connectivity index (χ0v) is 11.8. The van der Waals surface area contributed by atoms with E-state index >= 15 is 0 Å². The van der Waals surface area contributed by atoms with Crippen LogP contribution in [0, 0.1) is 5.41 Å². The highest BCUT2D eigenvalue weighted by Gasteiger charge is 2.27. The molecule has 0 unspecified atom stereocenters. The van der Waals surface area contributed by atoms with Crippen molar-refractivity contribution in [1.82, 2.24) is 4.72 Å². The third kappa shape index (κ3) is 4.88. The maximum atomic E-state index is 11.9. The van der Waals surface area contributed by atoms with Crippen LogP contribution in [0.15, 0.2) is 24.3 Å². The van der Waals surface area contributed by atoms with E-state index in [1.807, 2.05) is 0 Å². The Bertz CT molecular complexity index is 567. The minimum atomic E-state index is -3.53. The number of carbonyl (C=O) groups is 1. The van der Waals surface area contributed by atoms with Gasteiger partial charge in [-0.05, 0) is 31.5 Å². The summed E-state index contributed by atoms with van der Waals surface area (Å²) in [6.45, 7) is 3.13. The molecule has 1 rings (SSSR count). The lowest BCUT2D eigenvalue weighted by Crippen LogP contribution is -2.42. The molecule has 1 aromatic carbocycles. The predicted molar refractivity (Wildman–Crippen MR) is 74.5 cm³/mol. The second-order valence-corrected chi connectivity index (χ2v) is 6.88. The van der Waals surface area contributed by atoms with E-state index in [0.29, 0.717) is 11.3 Å². The van der Waals surface area contributed by atoms with Crippen LogP contribution in [0.5, 0.6) is 0 Å². The summed E-state index contributed by atoms with van der Waals surface area (Å²) in [5, 5.41) is 0. The summed E-state index contributed by atoms with van der Waals surface area (Å²) in [7, 11) is -3.53. The lowest BCUT2D eigenvalue weighted by molar-refractivity contribution is -0.125. The highest BCUT2D eigenvalue weighted by Crippen LogP contribution is 2.14. The number of nitrogens with two attached hydrogens (primary N) is 2. The van der Waals surface area contributed by atoms with Gasteiger partial charge in [0.2, 0.25) is 15.9 Å². The minimum absolute atomic E-state index is 0.0347. The van der Waals surface area contributed by atoms with Crippen LogP contribution in [0.1, 0.15) is 19.4 Å². The SMILES string of the molecule is CC(C)(CNS(=O)(=O)Cc1cccc(N)c1)C(N)=O. The summed E-state index contributed by atoms with van der Waals surface area (Å²) in [6, 6.07) is 6.64.